The molecule has 1 aliphatic carbocycles. The molecule has 1 saturated carbocycles. The largest absolute Gasteiger partial charge is 0.439 e. The molecular weight excluding hydrogens is 421 g/mol. The van der Waals surface area contributed by atoms with Gasteiger partial charge >= 0.3 is 0 Å². The molecule has 1 fully saturated rings. The highest BCUT2D eigenvalue weighted by Gasteiger charge is 2.33. The molecule has 2 aromatic carbocycles. The summed E-state index contributed by atoms with van der Waals surface area (Å²) in [4.78, 5) is 13.4. The molecule has 0 radical (unpaired) electrons. The van der Waals surface area contributed by atoms with Crippen molar-refractivity contribution < 1.29 is 14.2 Å². The zero-order valence-corrected chi connectivity index (χ0v) is 17.5. The first-order chi connectivity index (χ1) is 16.1. The van der Waals surface area contributed by atoms with Gasteiger partial charge in [0.15, 0.2) is 5.82 Å². The van der Waals surface area contributed by atoms with E-state index >= 15 is 4.39 Å². The van der Waals surface area contributed by atoms with Crippen LogP contribution in [0.5, 0.6) is 11.6 Å². The summed E-state index contributed by atoms with van der Waals surface area (Å²) in [6, 6.07) is 16.2. The molecule has 33 heavy (non-hydrogen) atoms. The second-order valence-corrected chi connectivity index (χ2v) is 8.24. The molecule has 0 bridgehead atoms. The predicted octanol–water partition coefficient (Wildman–Crippen LogP) is 4.70. The summed E-state index contributed by atoms with van der Waals surface area (Å²) in [5.74, 6) is 1.50. The number of pyridine rings is 1. The van der Waals surface area contributed by atoms with Crippen molar-refractivity contribution in [1.29, 1.82) is 0 Å². The number of benzene rings is 2. The van der Waals surface area contributed by atoms with Gasteiger partial charge in [-0.2, -0.15) is 0 Å². The summed E-state index contributed by atoms with van der Waals surface area (Å²) in [7, 11) is 0. The van der Waals surface area contributed by atoms with E-state index in [1.54, 1.807) is 36.7 Å². The Balaban J connectivity index is 1.49. The minimum atomic E-state index is -0.505. The van der Waals surface area contributed by atoms with Gasteiger partial charge < -0.3 is 15.6 Å². The maximum absolute atomic E-state index is 15.8. The quantitative estimate of drug-likeness (QED) is 0.420. The number of para-hydroxylation sites is 1. The van der Waals surface area contributed by atoms with Gasteiger partial charge in [0.1, 0.15) is 34.1 Å². The van der Waals surface area contributed by atoms with E-state index in [1.165, 1.54) is 0 Å². The minimum Gasteiger partial charge on any atom is -0.439 e. The number of hydrogen-bond acceptors (Lipinski definition) is 6. The van der Waals surface area contributed by atoms with Crippen LogP contribution in [-0.4, -0.2) is 30.6 Å². The van der Waals surface area contributed by atoms with Crippen molar-refractivity contribution in [2.24, 2.45) is 0 Å². The first kappa shape index (κ1) is 19.6. The molecule has 8 heteroatoms. The van der Waals surface area contributed by atoms with Crippen molar-refractivity contribution >= 4 is 22.2 Å². The number of fused-ring (bicyclic) bond motifs is 2. The molecule has 0 saturated heterocycles. The number of hydrogen-bond donors (Lipinski definition) is 2. The Morgan fingerprint density at radius 3 is 2.61 bits per heavy atom. The third-order valence-electron chi connectivity index (χ3n) is 6.08. The Morgan fingerprint density at radius 2 is 1.82 bits per heavy atom. The monoisotopic (exact) mass is 441 g/mol. The zero-order chi connectivity index (χ0) is 22.5. The molecule has 3 aromatic heterocycles. The van der Waals surface area contributed by atoms with E-state index in [0.717, 1.165) is 5.82 Å². The average Bonchev–Trinajstić information content (AvgIpc) is 3.18. The van der Waals surface area contributed by atoms with Crippen LogP contribution < -0.4 is 10.5 Å². The van der Waals surface area contributed by atoms with Crippen LogP contribution in [-0.2, 0) is 0 Å². The molecule has 0 atom stereocenters. The number of nitrogens with two attached hydrogens (primary N) is 1. The van der Waals surface area contributed by atoms with Gasteiger partial charge in [0, 0.05) is 35.3 Å². The summed E-state index contributed by atoms with van der Waals surface area (Å²) in [6.07, 6.45) is 4.25. The smallest absolute Gasteiger partial charge is 0.219 e. The maximum Gasteiger partial charge on any atom is 0.219 e. The lowest BCUT2D eigenvalue weighted by molar-refractivity contribution is 0.0715. The fourth-order valence-electron chi connectivity index (χ4n) is 4.35. The highest BCUT2D eigenvalue weighted by atomic mass is 19.1. The summed E-state index contributed by atoms with van der Waals surface area (Å²) in [5.41, 5.74) is 7.62. The second-order valence-electron chi connectivity index (χ2n) is 8.24. The first-order valence-corrected chi connectivity index (χ1v) is 10.7. The second kappa shape index (κ2) is 7.53. The summed E-state index contributed by atoms with van der Waals surface area (Å²) < 4.78 is 23.5. The molecule has 6 rings (SSSR count). The number of ether oxygens (including phenoxy) is 1. The van der Waals surface area contributed by atoms with Crippen molar-refractivity contribution in [3.05, 3.63) is 78.6 Å². The maximum atomic E-state index is 15.8. The fraction of sp³-hybridized carbons (Fsp3) is 0.160. The van der Waals surface area contributed by atoms with E-state index in [4.69, 9.17) is 15.5 Å². The molecule has 0 aliphatic heterocycles. The third kappa shape index (κ3) is 3.27. The molecule has 0 spiro atoms. The van der Waals surface area contributed by atoms with Crippen molar-refractivity contribution in [1.82, 2.24) is 19.4 Å². The number of aliphatic hydroxyl groups excluding tert-OH is 1. The van der Waals surface area contributed by atoms with Gasteiger partial charge in [-0.15, -0.1) is 0 Å². The van der Waals surface area contributed by atoms with Gasteiger partial charge in [0.25, 0.3) is 0 Å². The number of nitrogens with zero attached hydrogens (tertiary/aromatic N) is 4. The lowest BCUT2D eigenvalue weighted by atomic mass is 9.82. The van der Waals surface area contributed by atoms with E-state index in [-0.39, 0.29) is 28.9 Å². The minimum absolute atomic E-state index is 0.0792. The van der Waals surface area contributed by atoms with Crippen LogP contribution in [0.25, 0.3) is 27.7 Å². The van der Waals surface area contributed by atoms with Gasteiger partial charge in [0.2, 0.25) is 5.88 Å². The predicted molar refractivity (Wildman–Crippen MR) is 123 cm³/mol. The third-order valence-corrected chi connectivity index (χ3v) is 6.08. The number of aromatic nitrogens is 4. The Labute approximate surface area is 188 Å². The van der Waals surface area contributed by atoms with Crippen LogP contribution in [0.4, 0.5) is 10.2 Å². The molecule has 7 nitrogen and oxygen atoms in total. The van der Waals surface area contributed by atoms with E-state index in [0.29, 0.717) is 41.1 Å². The number of imidazole rings is 1. The average molecular weight is 441 g/mol. The summed E-state index contributed by atoms with van der Waals surface area (Å²) in [5, 5.41) is 10.4. The Bertz CT molecular complexity index is 1500. The molecule has 0 unspecified atom stereocenters. The van der Waals surface area contributed by atoms with Gasteiger partial charge in [0.05, 0.1) is 6.10 Å². The van der Waals surface area contributed by atoms with Crippen LogP contribution in [0, 0.1) is 5.82 Å². The number of nitrogen functional groups attached to an aromatic ring is 1. The Morgan fingerprint density at radius 1 is 1.03 bits per heavy atom. The van der Waals surface area contributed by atoms with E-state index < -0.39 is 5.82 Å². The molecular formula is C25H20FN5O2. The molecule has 164 valence electrons. The lowest BCUT2D eigenvalue weighted by Gasteiger charge is -2.30. The van der Waals surface area contributed by atoms with E-state index in [9.17, 15) is 5.11 Å². The SMILES string of the molecule is Nc1nccn2c(C3CC(O)C3)nc(-c3ccc4ccc(Oc5ccccc5)nc4c3F)c12. The first-order valence-electron chi connectivity index (χ1n) is 10.7. The highest BCUT2D eigenvalue weighted by Crippen LogP contribution is 2.40. The van der Waals surface area contributed by atoms with Crippen molar-refractivity contribution in [3.8, 4) is 22.9 Å². The van der Waals surface area contributed by atoms with Crippen molar-refractivity contribution in [2.45, 2.75) is 24.9 Å². The summed E-state index contributed by atoms with van der Waals surface area (Å²) in [6.45, 7) is 0. The number of halogens is 1. The Hall–Kier alpha value is -4.04. The van der Waals surface area contributed by atoms with Gasteiger partial charge in [-0.1, -0.05) is 24.3 Å². The number of aliphatic hydroxyl groups is 1. The van der Waals surface area contributed by atoms with Crippen LogP contribution in [0.15, 0.2) is 67.0 Å². The normalized spacial score (nSPS) is 17.9. The topological polar surface area (TPSA) is 98.6 Å². The molecule has 5 aromatic rings. The van der Waals surface area contributed by atoms with Crippen LogP contribution >= 0.6 is 0 Å². The van der Waals surface area contributed by atoms with Gasteiger partial charge in [-0.3, -0.25) is 4.40 Å². The van der Waals surface area contributed by atoms with Gasteiger partial charge in [-0.05, 0) is 37.1 Å². The van der Waals surface area contributed by atoms with Crippen LogP contribution in [0.1, 0.15) is 24.6 Å². The van der Waals surface area contributed by atoms with Crippen molar-refractivity contribution in [3.63, 3.8) is 0 Å². The molecule has 3 heterocycles. The zero-order valence-electron chi connectivity index (χ0n) is 17.5. The summed E-state index contributed by atoms with van der Waals surface area (Å²) >= 11 is 0. The highest BCUT2D eigenvalue weighted by molar-refractivity contribution is 5.91. The van der Waals surface area contributed by atoms with Crippen molar-refractivity contribution in [2.75, 3.05) is 5.73 Å². The van der Waals surface area contributed by atoms with E-state index in [1.807, 2.05) is 34.7 Å². The van der Waals surface area contributed by atoms with Crippen LogP contribution in [0.3, 0.4) is 0 Å². The molecule has 1 aliphatic rings. The molecule has 0 amide bonds. The lowest BCUT2D eigenvalue weighted by Crippen LogP contribution is -2.27. The van der Waals surface area contributed by atoms with Crippen LogP contribution in [0.2, 0.25) is 0 Å². The Kier molecular flexibility index (Phi) is 4.48. The fourth-order valence-corrected chi connectivity index (χ4v) is 4.35. The number of anilines is 1. The number of rotatable bonds is 4. The van der Waals surface area contributed by atoms with E-state index in [2.05, 4.69) is 9.97 Å². The molecule has 3 N–H and O–H groups in total. The van der Waals surface area contributed by atoms with Gasteiger partial charge in [-0.25, -0.2) is 19.3 Å². The standard InChI is InChI=1S/C25H20FN5O2/c26-20-18(8-6-14-7-9-19(29-21(14)20)33-17-4-2-1-3-5-17)22-23-24(27)28-10-11-31(23)25(30-22)15-12-16(32)13-15/h1-11,15-16,32H,12-13H2,(H2,27,28).